The van der Waals surface area contributed by atoms with Crippen molar-refractivity contribution in [2.75, 3.05) is 24.6 Å². The van der Waals surface area contributed by atoms with Gasteiger partial charge in [0.1, 0.15) is 10.7 Å². The standard InChI is InChI=1S/C31H32FN5O5S/c1-18-16-37(17-19(2)42-18)29-6-4-5-25(36-29)26-8-7-21-14-33-23(13-27(21)35-26)15-34-31(38)22-11-24(32)30-28(12-22)43(39,40)20(3)9-10-41-30/h4-8,11-14,18-20H,9-10,15-17H2,1-3H3,(H,34,38)/t18-,19+,20-/m1/s1. The number of aromatic nitrogens is 3. The molecule has 0 radical (unpaired) electrons. The first kappa shape index (κ1) is 28.9. The van der Waals surface area contributed by atoms with Gasteiger partial charge in [-0.15, -0.1) is 0 Å². The third-order valence-corrected chi connectivity index (χ3v) is 9.89. The maximum absolute atomic E-state index is 14.8. The molecule has 4 aromatic rings. The highest BCUT2D eigenvalue weighted by Crippen LogP contribution is 2.35. The molecule has 6 rings (SSSR count). The summed E-state index contributed by atoms with van der Waals surface area (Å²) in [6.45, 7) is 7.27. The summed E-state index contributed by atoms with van der Waals surface area (Å²) >= 11 is 0. The Labute approximate surface area is 249 Å². The van der Waals surface area contributed by atoms with E-state index in [1.54, 1.807) is 19.2 Å². The quantitative estimate of drug-likeness (QED) is 0.354. The van der Waals surface area contributed by atoms with Crippen LogP contribution in [0.3, 0.4) is 0 Å². The van der Waals surface area contributed by atoms with Crippen LogP contribution >= 0.6 is 0 Å². The molecule has 3 aromatic heterocycles. The van der Waals surface area contributed by atoms with Gasteiger partial charge in [0, 0.05) is 30.2 Å². The van der Waals surface area contributed by atoms with E-state index in [9.17, 15) is 17.6 Å². The number of carbonyl (C=O) groups excluding carboxylic acids is 1. The molecule has 0 spiro atoms. The van der Waals surface area contributed by atoms with Crippen LogP contribution in [0.25, 0.3) is 22.3 Å². The highest BCUT2D eigenvalue weighted by molar-refractivity contribution is 7.92. The number of benzene rings is 1. The summed E-state index contributed by atoms with van der Waals surface area (Å²) in [5.74, 6) is -1.00. The minimum absolute atomic E-state index is 0.0279. The minimum atomic E-state index is -3.85. The van der Waals surface area contributed by atoms with E-state index in [0.717, 1.165) is 36.1 Å². The molecule has 43 heavy (non-hydrogen) atoms. The Kier molecular flexibility index (Phi) is 7.74. The molecule has 1 aromatic carbocycles. The largest absolute Gasteiger partial charge is 0.489 e. The smallest absolute Gasteiger partial charge is 0.251 e. The predicted octanol–water partition coefficient (Wildman–Crippen LogP) is 4.32. The third-order valence-electron chi connectivity index (χ3n) is 7.68. The van der Waals surface area contributed by atoms with E-state index in [-0.39, 0.29) is 48.0 Å². The lowest BCUT2D eigenvalue weighted by Gasteiger charge is -2.36. The molecule has 12 heteroatoms. The van der Waals surface area contributed by atoms with Gasteiger partial charge >= 0.3 is 0 Å². The van der Waals surface area contributed by atoms with Crippen LogP contribution < -0.4 is 15.0 Å². The summed E-state index contributed by atoms with van der Waals surface area (Å²) in [6.07, 6.45) is 2.12. The second-order valence-corrected chi connectivity index (χ2v) is 13.4. The van der Waals surface area contributed by atoms with Crippen molar-refractivity contribution in [1.29, 1.82) is 0 Å². The molecule has 1 N–H and O–H groups in total. The number of hydrogen-bond donors (Lipinski definition) is 1. The van der Waals surface area contributed by atoms with Crippen LogP contribution in [0.2, 0.25) is 0 Å². The number of ether oxygens (including phenoxy) is 2. The van der Waals surface area contributed by atoms with E-state index in [4.69, 9.17) is 19.4 Å². The number of morpholine rings is 1. The van der Waals surface area contributed by atoms with E-state index in [1.807, 2.05) is 30.3 Å². The third kappa shape index (κ3) is 5.89. The molecule has 2 aliphatic rings. The van der Waals surface area contributed by atoms with E-state index in [1.165, 1.54) is 6.07 Å². The molecular formula is C31H32FN5O5S. The number of pyridine rings is 3. The predicted molar refractivity (Wildman–Crippen MR) is 159 cm³/mol. The zero-order valence-corrected chi connectivity index (χ0v) is 24.9. The zero-order chi connectivity index (χ0) is 30.3. The Balaban J connectivity index is 1.21. The van der Waals surface area contributed by atoms with Crippen molar-refractivity contribution < 1.29 is 27.1 Å². The molecular weight excluding hydrogens is 573 g/mol. The van der Waals surface area contributed by atoms with Crippen molar-refractivity contribution in [3.8, 4) is 17.1 Å². The molecule has 5 heterocycles. The SMILES string of the molecule is C[C@@H]1CN(c2cccc(-c3ccc4cnc(CNC(=O)c5cc(F)c6c(c5)S(=O)(=O)[C@H](C)CCO6)cc4n3)n2)C[C@H](C)O1. The number of nitrogens with zero attached hydrogens (tertiary/aromatic N) is 4. The van der Waals surface area contributed by atoms with Crippen LogP contribution in [-0.4, -0.2) is 66.4 Å². The van der Waals surface area contributed by atoms with Crippen LogP contribution in [0.5, 0.6) is 5.75 Å². The van der Waals surface area contributed by atoms with Gasteiger partial charge in [-0.05, 0) is 69.7 Å². The van der Waals surface area contributed by atoms with Crippen LogP contribution in [0.4, 0.5) is 10.2 Å². The zero-order valence-electron chi connectivity index (χ0n) is 24.1. The van der Waals surface area contributed by atoms with E-state index in [0.29, 0.717) is 16.9 Å². The highest BCUT2D eigenvalue weighted by Gasteiger charge is 2.33. The van der Waals surface area contributed by atoms with E-state index >= 15 is 0 Å². The first-order chi connectivity index (χ1) is 20.6. The van der Waals surface area contributed by atoms with Crippen LogP contribution in [-0.2, 0) is 21.1 Å². The molecule has 0 aliphatic carbocycles. The number of fused-ring (bicyclic) bond motifs is 2. The van der Waals surface area contributed by atoms with Gasteiger partial charge in [0.05, 0.1) is 53.2 Å². The summed E-state index contributed by atoms with van der Waals surface area (Å²) < 4.78 is 51.8. The summed E-state index contributed by atoms with van der Waals surface area (Å²) in [7, 11) is -3.85. The first-order valence-corrected chi connectivity index (χ1v) is 15.7. The maximum Gasteiger partial charge on any atom is 0.251 e. The van der Waals surface area contributed by atoms with Gasteiger partial charge in [0.15, 0.2) is 21.4 Å². The average Bonchev–Trinajstić information content (AvgIpc) is 3.10. The molecule has 3 atom stereocenters. The molecule has 1 fully saturated rings. The van der Waals surface area contributed by atoms with Crippen molar-refractivity contribution in [3.63, 3.8) is 0 Å². The molecule has 0 bridgehead atoms. The Morgan fingerprint density at radius 1 is 1.05 bits per heavy atom. The number of anilines is 1. The molecule has 10 nitrogen and oxygen atoms in total. The molecule has 1 saturated heterocycles. The summed E-state index contributed by atoms with van der Waals surface area (Å²) in [6, 6.07) is 13.6. The van der Waals surface area contributed by atoms with Gasteiger partial charge in [-0.1, -0.05) is 6.07 Å². The molecule has 0 saturated carbocycles. The second-order valence-electron chi connectivity index (χ2n) is 11.1. The van der Waals surface area contributed by atoms with Crippen molar-refractivity contribution in [1.82, 2.24) is 20.3 Å². The number of hydrogen-bond acceptors (Lipinski definition) is 9. The molecule has 2 aliphatic heterocycles. The van der Waals surface area contributed by atoms with Gasteiger partial charge < -0.3 is 19.7 Å². The fraction of sp³-hybridized carbons (Fsp3) is 0.355. The Bertz CT molecular complexity index is 1810. The lowest BCUT2D eigenvalue weighted by Crippen LogP contribution is -2.45. The number of sulfone groups is 1. The monoisotopic (exact) mass is 605 g/mol. The fourth-order valence-corrected chi connectivity index (χ4v) is 6.97. The van der Waals surface area contributed by atoms with Gasteiger partial charge in [-0.3, -0.25) is 9.78 Å². The van der Waals surface area contributed by atoms with Crippen LogP contribution in [0.1, 0.15) is 43.2 Å². The van der Waals surface area contributed by atoms with Crippen LogP contribution in [0.15, 0.2) is 59.6 Å². The van der Waals surface area contributed by atoms with Gasteiger partial charge in [0.25, 0.3) is 5.91 Å². The Hall–Kier alpha value is -4.16. The Morgan fingerprint density at radius 3 is 2.60 bits per heavy atom. The first-order valence-electron chi connectivity index (χ1n) is 14.2. The summed E-state index contributed by atoms with van der Waals surface area (Å²) in [5.41, 5.74) is 2.52. The number of nitrogens with one attached hydrogen (secondary N) is 1. The van der Waals surface area contributed by atoms with Gasteiger partial charge in [-0.25, -0.2) is 22.8 Å². The maximum atomic E-state index is 14.8. The van der Waals surface area contributed by atoms with Gasteiger partial charge in [-0.2, -0.15) is 0 Å². The topological polar surface area (TPSA) is 124 Å². The van der Waals surface area contributed by atoms with Crippen molar-refractivity contribution in [2.45, 2.75) is 56.1 Å². The lowest BCUT2D eigenvalue weighted by atomic mass is 10.1. The summed E-state index contributed by atoms with van der Waals surface area (Å²) in [5, 5.41) is 2.77. The average molecular weight is 606 g/mol. The van der Waals surface area contributed by atoms with E-state index in [2.05, 4.69) is 29.0 Å². The highest BCUT2D eigenvalue weighted by atomic mass is 32.2. The normalized spacial score (nSPS) is 21.5. The summed E-state index contributed by atoms with van der Waals surface area (Å²) in [4.78, 5) is 29.0. The number of carbonyl (C=O) groups is 1. The van der Waals surface area contributed by atoms with Crippen molar-refractivity contribution >= 4 is 32.5 Å². The van der Waals surface area contributed by atoms with E-state index < -0.39 is 26.8 Å². The second kappa shape index (κ2) is 11.5. The lowest BCUT2D eigenvalue weighted by molar-refractivity contribution is -0.00545. The number of rotatable bonds is 5. The number of amides is 1. The molecule has 1 amide bonds. The van der Waals surface area contributed by atoms with Crippen molar-refractivity contribution in [3.05, 3.63) is 71.8 Å². The Morgan fingerprint density at radius 2 is 1.81 bits per heavy atom. The minimum Gasteiger partial charge on any atom is -0.489 e. The van der Waals surface area contributed by atoms with Crippen molar-refractivity contribution in [2.24, 2.45) is 0 Å². The molecule has 224 valence electrons. The number of halogens is 1. The van der Waals surface area contributed by atoms with Crippen LogP contribution in [0, 0.1) is 5.82 Å². The fourth-order valence-electron chi connectivity index (χ4n) is 5.43. The molecule has 0 unspecified atom stereocenters. The van der Waals surface area contributed by atoms with Gasteiger partial charge in [0.2, 0.25) is 0 Å².